The van der Waals surface area contributed by atoms with E-state index in [2.05, 4.69) is 15.1 Å². The van der Waals surface area contributed by atoms with E-state index >= 15 is 0 Å². The van der Waals surface area contributed by atoms with Crippen LogP contribution in [0.25, 0.3) is 5.78 Å². The Bertz CT molecular complexity index is 600. The van der Waals surface area contributed by atoms with Gasteiger partial charge < -0.3 is 9.84 Å². The third kappa shape index (κ3) is 1.36. The van der Waals surface area contributed by atoms with Crippen LogP contribution in [0.2, 0.25) is 0 Å². The standard InChI is InChI=1S/C8H8N4O4/c1-16-6-4(2-13)7(15)12-8(10-6)9-5(3-14)11-12/h2,14H,3H2,1H3,(H,9,10,11). The Morgan fingerprint density at radius 2 is 2.31 bits per heavy atom. The van der Waals surface area contributed by atoms with Gasteiger partial charge in [0.1, 0.15) is 12.2 Å². The largest absolute Gasteiger partial charge is 0.480 e. The van der Waals surface area contributed by atoms with E-state index in [9.17, 15) is 9.59 Å². The highest BCUT2D eigenvalue weighted by atomic mass is 16.5. The lowest BCUT2D eigenvalue weighted by atomic mass is 10.3. The molecule has 0 unspecified atom stereocenters. The molecule has 0 aliphatic carbocycles. The van der Waals surface area contributed by atoms with E-state index < -0.39 is 5.56 Å². The van der Waals surface area contributed by atoms with Gasteiger partial charge in [-0.2, -0.15) is 14.5 Å². The van der Waals surface area contributed by atoms with Gasteiger partial charge in [-0.25, -0.2) is 0 Å². The fourth-order valence-corrected chi connectivity index (χ4v) is 1.28. The predicted molar refractivity (Wildman–Crippen MR) is 51.5 cm³/mol. The average Bonchev–Trinajstić information content (AvgIpc) is 2.72. The number of rotatable bonds is 3. The van der Waals surface area contributed by atoms with Crippen molar-refractivity contribution in [2.24, 2.45) is 0 Å². The first-order valence-corrected chi connectivity index (χ1v) is 4.33. The zero-order valence-corrected chi connectivity index (χ0v) is 8.30. The summed E-state index contributed by atoms with van der Waals surface area (Å²) in [6.45, 7) is -0.360. The zero-order valence-electron chi connectivity index (χ0n) is 8.30. The molecule has 2 aromatic rings. The number of carbonyl (C=O) groups is 1. The van der Waals surface area contributed by atoms with Gasteiger partial charge in [-0.1, -0.05) is 0 Å². The summed E-state index contributed by atoms with van der Waals surface area (Å²) < 4.78 is 5.77. The summed E-state index contributed by atoms with van der Waals surface area (Å²) in [5.41, 5.74) is -0.822. The Labute approximate surface area is 88.5 Å². The summed E-state index contributed by atoms with van der Waals surface area (Å²) >= 11 is 0. The first kappa shape index (κ1) is 10.3. The van der Waals surface area contributed by atoms with E-state index in [-0.39, 0.29) is 29.7 Å². The van der Waals surface area contributed by atoms with Gasteiger partial charge in [0.15, 0.2) is 12.1 Å². The molecule has 2 rings (SSSR count). The van der Waals surface area contributed by atoms with Gasteiger partial charge in [-0.05, 0) is 0 Å². The van der Waals surface area contributed by atoms with Gasteiger partial charge in [0.25, 0.3) is 11.3 Å². The zero-order chi connectivity index (χ0) is 11.7. The van der Waals surface area contributed by atoms with Crippen molar-refractivity contribution in [2.45, 2.75) is 6.61 Å². The number of ether oxygens (including phenoxy) is 1. The summed E-state index contributed by atoms with van der Waals surface area (Å²) in [5.74, 6) is 0.127. The van der Waals surface area contributed by atoms with E-state index in [0.29, 0.717) is 6.29 Å². The molecule has 0 saturated heterocycles. The van der Waals surface area contributed by atoms with Crippen LogP contribution in [0.3, 0.4) is 0 Å². The van der Waals surface area contributed by atoms with Crippen molar-refractivity contribution in [3.05, 3.63) is 21.7 Å². The number of aromatic amines is 1. The lowest BCUT2D eigenvalue weighted by Gasteiger charge is -2.00. The highest BCUT2D eigenvalue weighted by Gasteiger charge is 2.15. The molecule has 8 heteroatoms. The fourth-order valence-electron chi connectivity index (χ4n) is 1.28. The van der Waals surface area contributed by atoms with Gasteiger partial charge in [-0.3, -0.25) is 14.7 Å². The van der Waals surface area contributed by atoms with Crippen LogP contribution >= 0.6 is 0 Å². The summed E-state index contributed by atoms with van der Waals surface area (Å²) in [7, 11) is 1.30. The molecule has 2 heterocycles. The van der Waals surface area contributed by atoms with Crippen LogP contribution in [-0.4, -0.2) is 38.1 Å². The van der Waals surface area contributed by atoms with Crippen molar-refractivity contribution in [2.75, 3.05) is 7.11 Å². The normalized spacial score (nSPS) is 10.6. The second kappa shape index (κ2) is 3.74. The molecule has 16 heavy (non-hydrogen) atoms. The fraction of sp³-hybridized carbons (Fsp3) is 0.250. The van der Waals surface area contributed by atoms with Crippen molar-refractivity contribution < 1.29 is 14.6 Å². The van der Waals surface area contributed by atoms with Crippen LogP contribution in [0.1, 0.15) is 16.2 Å². The van der Waals surface area contributed by atoms with Gasteiger partial charge in [-0.15, -0.1) is 0 Å². The number of hydrogen-bond acceptors (Lipinski definition) is 6. The SMILES string of the molecule is COc1nc2nc(CO)[nH]n2c(=O)c1C=O. The molecule has 0 radical (unpaired) electrons. The number of aromatic nitrogens is 4. The van der Waals surface area contributed by atoms with E-state index in [4.69, 9.17) is 9.84 Å². The number of H-pyrrole nitrogens is 1. The molecule has 84 valence electrons. The highest BCUT2D eigenvalue weighted by molar-refractivity contribution is 5.78. The maximum atomic E-state index is 11.7. The number of hydrogen-bond donors (Lipinski definition) is 2. The number of aldehydes is 1. The van der Waals surface area contributed by atoms with Crippen molar-refractivity contribution in [3.8, 4) is 5.88 Å². The van der Waals surface area contributed by atoms with Crippen molar-refractivity contribution in [1.82, 2.24) is 19.6 Å². The topological polar surface area (TPSA) is 110 Å². The summed E-state index contributed by atoms with van der Waals surface area (Å²) in [6.07, 6.45) is 0.361. The number of methoxy groups -OCH3 is 1. The molecule has 0 spiro atoms. The quantitative estimate of drug-likeness (QED) is 0.629. The molecular weight excluding hydrogens is 216 g/mol. The number of carbonyl (C=O) groups excluding carboxylic acids is 1. The Hall–Kier alpha value is -2.22. The van der Waals surface area contributed by atoms with Gasteiger partial charge >= 0.3 is 0 Å². The van der Waals surface area contributed by atoms with Crippen molar-refractivity contribution in [1.29, 1.82) is 0 Å². The van der Waals surface area contributed by atoms with Crippen LogP contribution in [0, 0.1) is 0 Å². The highest BCUT2D eigenvalue weighted by Crippen LogP contribution is 2.09. The van der Waals surface area contributed by atoms with Crippen LogP contribution in [0.15, 0.2) is 4.79 Å². The molecular formula is C8H8N4O4. The number of aliphatic hydroxyl groups excluding tert-OH is 1. The molecule has 0 aromatic carbocycles. The van der Waals surface area contributed by atoms with Crippen LogP contribution < -0.4 is 10.3 Å². The maximum absolute atomic E-state index is 11.7. The maximum Gasteiger partial charge on any atom is 0.288 e. The van der Waals surface area contributed by atoms with Crippen LogP contribution in [0.5, 0.6) is 5.88 Å². The summed E-state index contributed by atoms with van der Waals surface area (Å²) in [4.78, 5) is 30.1. The molecule has 2 N–H and O–H groups in total. The first-order valence-electron chi connectivity index (χ1n) is 4.33. The number of aliphatic hydroxyl groups is 1. The lowest BCUT2D eigenvalue weighted by Crippen LogP contribution is -2.21. The minimum Gasteiger partial charge on any atom is -0.480 e. The third-order valence-electron chi connectivity index (χ3n) is 2.00. The predicted octanol–water partition coefficient (Wildman–Crippen LogP) is -1.27. The molecule has 0 bridgehead atoms. The van der Waals surface area contributed by atoms with Crippen LogP contribution in [0.4, 0.5) is 0 Å². The van der Waals surface area contributed by atoms with E-state index in [1.54, 1.807) is 0 Å². The first-order chi connectivity index (χ1) is 7.71. The summed E-state index contributed by atoms with van der Waals surface area (Å²) in [6, 6.07) is 0. The van der Waals surface area contributed by atoms with Gasteiger partial charge in [0.2, 0.25) is 5.88 Å². The number of nitrogens with one attached hydrogen (secondary N) is 1. The second-order valence-electron chi connectivity index (χ2n) is 2.92. The molecule has 2 aromatic heterocycles. The number of fused-ring (bicyclic) bond motifs is 1. The second-order valence-corrected chi connectivity index (χ2v) is 2.92. The van der Waals surface area contributed by atoms with E-state index in [1.807, 2.05) is 0 Å². The summed E-state index contributed by atoms with van der Waals surface area (Å²) in [5, 5.41) is 11.4. The van der Waals surface area contributed by atoms with Crippen LogP contribution in [-0.2, 0) is 6.61 Å². The molecule has 8 nitrogen and oxygen atoms in total. The average molecular weight is 224 g/mol. The van der Waals surface area contributed by atoms with Gasteiger partial charge in [0.05, 0.1) is 7.11 Å². The Balaban J connectivity index is 2.84. The van der Waals surface area contributed by atoms with Gasteiger partial charge in [0, 0.05) is 0 Å². The number of nitrogens with zero attached hydrogens (tertiary/aromatic N) is 3. The minimum atomic E-state index is -0.621. The molecule has 0 atom stereocenters. The van der Waals surface area contributed by atoms with E-state index in [0.717, 1.165) is 4.52 Å². The molecule has 0 amide bonds. The smallest absolute Gasteiger partial charge is 0.288 e. The van der Waals surface area contributed by atoms with E-state index in [1.165, 1.54) is 7.11 Å². The molecule has 0 saturated carbocycles. The molecule has 0 fully saturated rings. The lowest BCUT2D eigenvalue weighted by molar-refractivity contribution is 0.111. The molecule has 0 aliphatic heterocycles. The third-order valence-corrected chi connectivity index (χ3v) is 2.00. The monoisotopic (exact) mass is 224 g/mol. The van der Waals surface area contributed by atoms with Crippen molar-refractivity contribution in [3.63, 3.8) is 0 Å². The Morgan fingerprint density at radius 1 is 1.56 bits per heavy atom. The Morgan fingerprint density at radius 3 is 2.88 bits per heavy atom. The van der Waals surface area contributed by atoms with Crippen molar-refractivity contribution >= 4 is 12.1 Å². The Kier molecular flexibility index (Phi) is 2.41. The minimum absolute atomic E-state index is 0.0384. The molecule has 0 aliphatic rings.